The number of benzene rings is 1. The summed E-state index contributed by atoms with van der Waals surface area (Å²) in [5, 5.41) is 0. The lowest BCUT2D eigenvalue weighted by Crippen LogP contribution is -2.42. The fourth-order valence-electron chi connectivity index (χ4n) is 2.26. The highest BCUT2D eigenvalue weighted by atomic mass is 32.2. The first-order valence-corrected chi connectivity index (χ1v) is 11.4. The predicted octanol–water partition coefficient (Wildman–Crippen LogP) is 4.34. The molecule has 0 aliphatic rings. The third-order valence-electron chi connectivity index (χ3n) is 3.55. The van der Waals surface area contributed by atoms with E-state index in [0.29, 0.717) is 6.61 Å². The molecule has 0 saturated heterocycles. The van der Waals surface area contributed by atoms with Crippen molar-refractivity contribution in [1.82, 2.24) is 0 Å². The van der Waals surface area contributed by atoms with Crippen molar-refractivity contribution in [1.29, 1.82) is 0 Å². The minimum Gasteiger partial charge on any atom is -0.488 e. The molecule has 0 saturated carbocycles. The van der Waals surface area contributed by atoms with Crippen molar-refractivity contribution in [2.45, 2.75) is 45.3 Å². The van der Waals surface area contributed by atoms with Gasteiger partial charge in [0, 0.05) is 33.1 Å². The summed E-state index contributed by atoms with van der Waals surface area (Å²) in [7, 11) is 2.43. The molecule has 0 heterocycles. The lowest BCUT2D eigenvalue weighted by Gasteiger charge is -2.24. The van der Waals surface area contributed by atoms with Gasteiger partial charge in [0.2, 0.25) is 0 Å². The van der Waals surface area contributed by atoms with Crippen LogP contribution in [0.4, 0.5) is 0 Å². The summed E-state index contributed by atoms with van der Waals surface area (Å²) in [4.78, 5) is 0. The Balaban J connectivity index is 2.17. The fraction of sp³-hybridized carbons (Fsp3) is 0.667. The number of aryl methyl sites for hydroxylation is 1. The molecule has 0 unspecified atom stereocenters. The Labute approximate surface area is 157 Å². The average Bonchev–Trinajstić information content (AvgIpc) is 2.58. The zero-order chi connectivity index (χ0) is 18.8. The van der Waals surface area contributed by atoms with E-state index in [-0.39, 0.29) is 5.60 Å². The second-order valence-electron chi connectivity index (χ2n) is 6.65. The molecule has 0 aromatic heterocycles. The fourth-order valence-corrected chi connectivity index (χ4v) is 4.62. The van der Waals surface area contributed by atoms with E-state index in [9.17, 15) is 0 Å². The van der Waals surface area contributed by atoms with Crippen molar-refractivity contribution in [2.75, 3.05) is 33.7 Å². The molecule has 7 heteroatoms. The van der Waals surface area contributed by atoms with Gasteiger partial charge in [-0.15, -0.1) is 0 Å². The highest BCUT2D eigenvalue weighted by Crippen LogP contribution is 2.20. The monoisotopic (exact) mass is 388 g/mol. The van der Waals surface area contributed by atoms with Crippen molar-refractivity contribution in [3.8, 4) is 5.75 Å². The number of hydrogen-bond acceptors (Lipinski definition) is 6. The van der Waals surface area contributed by atoms with Gasteiger partial charge in [-0.05, 0) is 63.4 Å². The number of ether oxygens (including phenoxy) is 1. The van der Waals surface area contributed by atoms with Crippen molar-refractivity contribution in [2.24, 2.45) is 0 Å². The van der Waals surface area contributed by atoms with Gasteiger partial charge in [0.15, 0.2) is 0 Å². The van der Waals surface area contributed by atoms with Crippen LogP contribution in [0.2, 0.25) is 6.04 Å². The van der Waals surface area contributed by atoms with Crippen LogP contribution >= 0.6 is 12.0 Å². The van der Waals surface area contributed by atoms with Crippen LogP contribution in [-0.4, -0.2) is 48.1 Å². The first kappa shape index (κ1) is 22.5. The van der Waals surface area contributed by atoms with Crippen molar-refractivity contribution >= 4 is 20.8 Å². The molecule has 5 nitrogen and oxygen atoms in total. The highest BCUT2D eigenvalue weighted by molar-refractivity contribution is 7.94. The summed E-state index contributed by atoms with van der Waals surface area (Å²) < 4.78 is 27.6. The smallest absolute Gasteiger partial charge is 0.488 e. The van der Waals surface area contributed by atoms with Gasteiger partial charge in [0.1, 0.15) is 11.4 Å². The summed E-state index contributed by atoms with van der Waals surface area (Å²) in [5.41, 5.74) is 1.11. The molecule has 25 heavy (non-hydrogen) atoms. The SMILES string of the molecule is CO[Si](CCCOSCCc1ccc(OC(C)(C)C)cc1)(OC)OC. The van der Waals surface area contributed by atoms with Crippen LogP contribution in [0.3, 0.4) is 0 Å². The Morgan fingerprint density at radius 1 is 0.960 bits per heavy atom. The topological polar surface area (TPSA) is 46.2 Å². The quantitative estimate of drug-likeness (QED) is 0.301. The van der Waals surface area contributed by atoms with Gasteiger partial charge in [-0.3, -0.25) is 0 Å². The van der Waals surface area contributed by atoms with Crippen LogP contribution in [0.25, 0.3) is 0 Å². The van der Waals surface area contributed by atoms with Crippen LogP contribution < -0.4 is 4.74 Å². The van der Waals surface area contributed by atoms with Crippen LogP contribution in [0.15, 0.2) is 24.3 Å². The molecule has 1 rings (SSSR count). The van der Waals surface area contributed by atoms with Gasteiger partial charge in [0.05, 0.1) is 6.61 Å². The molecular formula is C18H32O5SSi. The summed E-state index contributed by atoms with van der Waals surface area (Å²) in [6.07, 6.45) is 1.82. The maximum Gasteiger partial charge on any atom is 0.500 e. The molecule has 0 N–H and O–H groups in total. The molecule has 1 aromatic rings. The minimum absolute atomic E-state index is 0.167. The molecule has 0 amide bonds. The second kappa shape index (κ2) is 11.2. The van der Waals surface area contributed by atoms with Gasteiger partial charge in [-0.2, -0.15) is 0 Å². The van der Waals surface area contributed by atoms with Crippen LogP contribution in [0.5, 0.6) is 5.75 Å². The van der Waals surface area contributed by atoms with Gasteiger partial charge < -0.3 is 22.2 Å². The van der Waals surface area contributed by atoms with Gasteiger partial charge in [0.25, 0.3) is 0 Å². The van der Waals surface area contributed by atoms with E-state index in [1.54, 1.807) is 21.3 Å². The second-order valence-corrected chi connectivity index (χ2v) is 10.6. The molecule has 0 aliphatic carbocycles. The summed E-state index contributed by atoms with van der Waals surface area (Å²) >= 11 is 1.50. The lowest BCUT2D eigenvalue weighted by molar-refractivity contribution is 0.121. The standard InChI is InChI=1S/C18H32O5SSi/c1-18(2,3)23-17-10-8-16(9-11-17)12-14-24-22-13-7-15-25(19-4,20-5)21-6/h8-11H,7,12-15H2,1-6H3. The highest BCUT2D eigenvalue weighted by Gasteiger charge is 2.36. The van der Waals surface area contributed by atoms with E-state index in [1.165, 1.54) is 17.6 Å². The van der Waals surface area contributed by atoms with E-state index >= 15 is 0 Å². The first-order chi connectivity index (χ1) is 11.8. The average molecular weight is 389 g/mol. The van der Waals surface area contributed by atoms with E-state index < -0.39 is 8.80 Å². The third kappa shape index (κ3) is 9.07. The normalized spacial score (nSPS) is 12.4. The molecule has 0 radical (unpaired) electrons. The Morgan fingerprint density at radius 3 is 2.08 bits per heavy atom. The van der Waals surface area contributed by atoms with E-state index in [0.717, 1.165) is 30.4 Å². The Bertz CT molecular complexity index is 463. The van der Waals surface area contributed by atoms with E-state index in [2.05, 4.69) is 12.1 Å². The van der Waals surface area contributed by atoms with Gasteiger partial charge >= 0.3 is 8.80 Å². The zero-order valence-corrected chi connectivity index (χ0v) is 18.1. The Kier molecular flexibility index (Phi) is 10.1. The number of rotatable bonds is 12. The lowest BCUT2D eigenvalue weighted by atomic mass is 10.1. The minimum atomic E-state index is -2.46. The maximum absolute atomic E-state index is 5.82. The van der Waals surface area contributed by atoms with E-state index in [4.69, 9.17) is 22.2 Å². The molecular weight excluding hydrogens is 356 g/mol. The molecule has 0 atom stereocenters. The van der Waals surface area contributed by atoms with Crippen molar-refractivity contribution in [3.63, 3.8) is 0 Å². The summed E-state index contributed by atoms with van der Waals surface area (Å²) in [6.45, 7) is 6.81. The predicted molar refractivity (Wildman–Crippen MR) is 105 cm³/mol. The third-order valence-corrected chi connectivity index (χ3v) is 7.08. The number of hydrogen-bond donors (Lipinski definition) is 0. The van der Waals surface area contributed by atoms with Gasteiger partial charge in [-0.1, -0.05) is 12.1 Å². The Hall–Kier alpha value is -0.573. The molecule has 0 fully saturated rings. The molecule has 144 valence electrons. The first-order valence-electron chi connectivity index (χ1n) is 8.52. The summed E-state index contributed by atoms with van der Waals surface area (Å²) in [5.74, 6) is 1.82. The van der Waals surface area contributed by atoms with Crippen LogP contribution in [-0.2, 0) is 23.9 Å². The van der Waals surface area contributed by atoms with Gasteiger partial charge in [-0.25, -0.2) is 0 Å². The van der Waals surface area contributed by atoms with Crippen molar-refractivity contribution < 1.29 is 22.2 Å². The Morgan fingerprint density at radius 2 is 1.56 bits per heavy atom. The zero-order valence-electron chi connectivity index (χ0n) is 16.3. The maximum atomic E-state index is 5.82. The van der Waals surface area contributed by atoms with Crippen molar-refractivity contribution in [3.05, 3.63) is 29.8 Å². The van der Waals surface area contributed by atoms with Crippen LogP contribution in [0, 0.1) is 0 Å². The molecule has 0 aliphatic heterocycles. The van der Waals surface area contributed by atoms with Crippen LogP contribution in [0.1, 0.15) is 32.8 Å². The molecule has 0 spiro atoms. The largest absolute Gasteiger partial charge is 0.500 e. The summed E-state index contributed by atoms with van der Waals surface area (Å²) in [6, 6.07) is 9.02. The van der Waals surface area contributed by atoms with E-state index in [1.807, 2.05) is 32.9 Å². The molecule has 0 bridgehead atoms. The molecule has 1 aromatic carbocycles.